The van der Waals surface area contributed by atoms with Crippen LogP contribution >= 0.6 is 11.6 Å². The van der Waals surface area contributed by atoms with Gasteiger partial charge in [-0.15, -0.1) is 0 Å². The summed E-state index contributed by atoms with van der Waals surface area (Å²) in [5, 5.41) is 10.7. The van der Waals surface area contributed by atoms with Crippen LogP contribution in [0.1, 0.15) is 27.0 Å². The second-order valence-corrected chi connectivity index (χ2v) is 13.2. The lowest BCUT2D eigenvalue weighted by Gasteiger charge is -2.38. The summed E-state index contributed by atoms with van der Waals surface area (Å²) in [4.78, 5) is 12.4. The van der Waals surface area contributed by atoms with E-state index in [0.717, 1.165) is 0 Å². The highest BCUT2D eigenvalue weighted by atomic mass is 35.5. The first kappa shape index (κ1) is 19.4. The summed E-state index contributed by atoms with van der Waals surface area (Å²) >= 11 is 6.06. The molecule has 142 valence electrons. The van der Waals surface area contributed by atoms with E-state index in [-0.39, 0.29) is 5.04 Å². The van der Waals surface area contributed by atoms with Gasteiger partial charge in [0.25, 0.3) is 0 Å². The number of ether oxygens (including phenoxy) is 1. The van der Waals surface area contributed by atoms with Crippen LogP contribution in [-0.2, 0) is 9.16 Å². The van der Waals surface area contributed by atoms with Crippen LogP contribution in [0, 0.1) is 0 Å². The molecule has 0 fully saturated rings. The maximum atomic E-state index is 10.3. The van der Waals surface area contributed by atoms with E-state index in [2.05, 4.69) is 48.8 Å². The Morgan fingerprint density at radius 2 is 2.00 bits per heavy atom. The maximum absolute atomic E-state index is 10.3. The van der Waals surface area contributed by atoms with E-state index in [1.54, 1.807) is 23.0 Å². The molecule has 3 rings (SSSR count). The fourth-order valence-corrected chi connectivity index (χ4v) is 3.64. The normalized spacial score (nSPS) is 24.3. The van der Waals surface area contributed by atoms with Crippen LogP contribution in [0.4, 0.5) is 0 Å². The largest absolute Gasteiger partial charge is 0.414 e. The Balaban J connectivity index is 1.78. The molecule has 3 heterocycles. The molecule has 3 atom stereocenters. The number of hydrogen-bond donors (Lipinski definition) is 1. The zero-order valence-electron chi connectivity index (χ0n) is 15.7. The van der Waals surface area contributed by atoms with E-state index in [9.17, 15) is 5.11 Å². The Labute approximate surface area is 159 Å². The minimum atomic E-state index is -1.93. The van der Waals surface area contributed by atoms with Crippen LogP contribution in [0.25, 0.3) is 11.2 Å². The zero-order chi connectivity index (χ0) is 19.1. The topological polar surface area (TPSA) is 82.3 Å². The highest BCUT2D eigenvalue weighted by molar-refractivity contribution is 6.74. The Morgan fingerprint density at radius 1 is 1.27 bits per heavy atom. The van der Waals surface area contributed by atoms with Gasteiger partial charge in [0.05, 0.1) is 12.9 Å². The molecule has 0 aliphatic carbocycles. The SMILES string of the molecule is CC(C)(C)[Si](C)(C)OC[C@@H]1O[C@H](n2cnc3c(Cl)ncnc32)C=C[C@H]1O. The summed E-state index contributed by atoms with van der Waals surface area (Å²) in [6.45, 7) is 11.2. The number of rotatable bonds is 4. The maximum Gasteiger partial charge on any atom is 0.192 e. The molecule has 0 unspecified atom stereocenters. The van der Waals surface area contributed by atoms with Crippen molar-refractivity contribution in [2.45, 2.75) is 57.3 Å². The molecule has 26 heavy (non-hydrogen) atoms. The smallest absolute Gasteiger partial charge is 0.192 e. The molecule has 7 nitrogen and oxygen atoms in total. The van der Waals surface area contributed by atoms with E-state index in [0.29, 0.717) is 22.9 Å². The molecule has 0 aromatic carbocycles. The molecule has 2 aromatic heterocycles. The van der Waals surface area contributed by atoms with Crippen molar-refractivity contribution in [3.8, 4) is 0 Å². The summed E-state index contributed by atoms with van der Waals surface area (Å²) in [5.74, 6) is 0. The zero-order valence-corrected chi connectivity index (χ0v) is 17.4. The molecule has 9 heteroatoms. The lowest BCUT2D eigenvalue weighted by Crippen LogP contribution is -2.46. The van der Waals surface area contributed by atoms with E-state index >= 15 is 0 Å². The Hall–Kier alpha value is -1.32. The van der Waals surface area contributed by atoms with Gasteiger partial charge in [-0.25, -0.2) is 15.0 Å². The summed E-state index contributed by atoms with van der Waals surface area (Å²) in [6, 6.07) is 0. The van der Waals surface area contributed by atoms with Gasteiger partial charge in [0.2, 0.25) is 0 Å². The number of fused-ring (bicyclic) bond motifs is 1. The quantitative estimate of drug-likeness (QED) is 0.485. The highest BCUT2D eigenvalue weighted by Gasteiger charge is 2.39. The molecule has 1 aliphatic heterocycles. The first-order valence-electron chi connectivity index (χ1n) is 8.59. The van der Waals surface area contributed by atoms with Crippen LogP contribution in [0.5, 0.6) is 0 Å². The molecule has 0 saturated heterocycles. The van der Waals surface area contributed by atoms with E-state index < -0.39 is 26.8 Å². The van der Waals surface area contributed by atoms with Crippen molar-refractivity contribution < 1.29 is 14.3 Å². The minimum Gasteiger partial charge on any atom is -0.414 e. The summed E-state index contributed by atoms with van der Waals surface area (Å²) in [5.41, 5.74) is 1.10. The first-order chi connectivity index (χ1) is 12.1. The van der Waals surface area contributed by atoms with Crippen molar-refractivity contribution in [3.05, 3.63) is 30.0 Å². The average molecular weight is 397 g/mol. The number of hydrogen-bond acceptors (Lipinski definition) is 6. The lowest BCUT2D eigenvalue weighted by atomic mass is 10.1. The lowest BCUT2D eigenvalue weighted by molar-refractivity contribution is -0.0998. The molecular weight excluding hydrogens is 372 g/mol. The number of nitrogens with zero attached hydrogens (tertiary/aromatic N) is 4. The fourth-order valence-electron chi connectivity index (χ4n) is 2.45. The van der Waals surface area contributed by atoms with Crippen LogP contribution in [0.3, 0.4) is 0 Å². The van der Waals surface area contributed by atoms with Gasteiger partial charge in [-0.3, -0.25) is 4.57 Å². The first-order valence-corrected chi connectivity index (χ1v) is 11.9. The predicted octanol–water partition coefficient (Wildman–Crippen LogP) is 3.32. The van der Waals surface area contributed by atoms with Gasteiger partial charge in [0.1, 0.15) is 24.1 Å². The van der Waals surface area contributed by atoms with Gasteiger partial charge in [0.15, 0.2) is 25.3 Å². The van der Waals surface area contributed by atoms with Gasteiger partial charge in [-0.1, -0.05) is 38.4 Å². The van der Waals surface area contributed by atoms with Gasteiger partial charge >= 0.3 is 0 Å². The van der Waals surface area contributed by atoms with Crippen molar-refractivity contribution in [1.82, 2.24) is 19.5 Å². The molecule has 0 bridgehead atoms. The van der Waals surface area contributed by atoms with Gasteiger partial charge in [0, 0.05) is 0 Å². The molecule has 0 radical (unpaired) electrons. The van der Waals surface area contributed by atoms with Crippen molar-refractivity contribution >= 4 is 31.1 Å². The monoisotopic (exact) mass is 396 g/mol. The van der Waals surface area contributed by atoms with Crippen molar-refractivity contribution in [2.24, 2.45) is 0 Å². The predicted molar refractivity (Wildman–Crippen MR) is 103 cm³/mol. The highest BCUT2D eigenvalue weighted by Crippen LogP contribution is 2.37. The number of aromatic nitrogens is 4. The fraction of sp³-hybridized carbons (Fsp3) is 0.588. The third kappa shape index (κ3) is 3.70. The third-order valence-electron chi connectivity index (χ3n) is 5.17. The van der Waals surface area contributed by atoms with Crippen LogP contribution in [0.15, 0.2) is 24.8 Å². The molecule has 1 aliphatic rings. The second kappa shape index (κ2) is 7.01. The minimum absolute atomic E-state index is 0.0933. The number of aliphatic hydroxyl groups is 1. The Kier molecular flexibility index (Phi) is 5.24. The van der Waals surface area contributed by atoms with E-state index in [4.69, 9.17) is 20.8 Å². The molecular formula is C17H25ClN4O3Si. The second-order valence-electron chi connectivity index (χ2n) is 8.00. The van der Waals surface area contributed by atoms with Crippen LogP contribution < -0.4 is 0 Å². The Bertz CT molecular complexity index is 818. The molecule has 0 spiro atoms. The molecule has 1 N–H and O–H groups in total. The van der Waals surface area contributed by atoms with E-state index in [1.807, 2.05) is 0 Å². The summed E-state index contributed by atoms with van der Waals surface area (Å²) in [6.07, 6.45) is 4.89. The van der Waals surface area contributed by atoms with Gasteiger partial charge in [-0.05, 0) is 24.2 Å². The van der Waals surface area contributed by atoms with Crippen molar-refractivity contribution in [2.75, 3.05) is 6.61 Å². The Morgan fingerprint density at radius 3 is 2.69 bits per heavy atom. The summed E-state index contributed by atoms with van der Waals surface area (Å²) in [7, 11) is -1.93. The number of imidazole rings is 1. The number of aliphatic hydroxyl groups excluding tert-OH is 1. The van der Waals surface area contributed by atoms with Crippen LogP contribution in [-0.4, -0.2) is 51.8 Å². The summed E-state index contributed by atoms with van der Waals surface area (Å²) < 4.78 is 14.1. The van der Waals surface area contributed by atoms with Crippen molar-refractivity contribution in [3.63, 3.8) is 0 Å². The van der Waals surface area contributed by atoms with E-state index in [1.165, 1.54) is 6.33 Å². The molecule has 0 amide bonds. The molecule has 0 saturated carbocycles. The van der Waals surface area contributed by atoms with Crippen molar-refractivity contribution in [1.29, 1.82) is 0 Å². The number of halogens is 1. The third-order valence-corrected chi connectivity index (χ3v) is 9.95. The standard InChI is InChI=1S/C17H25ClN4O3Si/c1-17(2,3)26(4,5)24-8-12-11(23)6-7-13(25-12)22-10-21-14-15(18)19-9-20-16(14)22/h6-7,9-13,23H,8H2,1-5H3/t11-,12+,13+/m1/s1. The molecule has 2 aromatic rings. The van der Waals surface area contributed by atoms with Gasteiger partial charge < -0.3 is 14.3 Å². The average Bonchev–Trinajstić information content (AvgIpc) is 2.98. The van der Waals surface area contributed by atoms with Crippen LogP contribution in [0.2, 0.25) is 23.3 Å². The van der Waals surface area contributed by atoms with Gasteiger partial charge in [-0.2, -0.15) is 0 Å².